The van der Waals surface area contributed by atoms with Gasteiger partial charge in [0.05, 0.1) is 12.5 Å². The molecule has 152 valence electrons. The minimum Gasteiger partial charge on any atom is -0.465 e. The second kappa shape index (κ2) is 7.69. The van der Waals surface area contributed by atoms with Crippen LogP contribution in [0, 0.1) is 16.7 Å². The number of hydrogen-bond acceptors (Lipinski definition) is 2. The van der Waals surface area contributed by atoms with Crippen LogP contribution in [0.25, 0.3) is 0 Å². The van der Waals surface area contributed by atoms with E-state index in [9.17, 15) is 4.79 Å². The molecule has 0 saturated heterocycles. The third-order valence-electron chi connectivity index (χ3n) is 7.78. The lowest BCUT2D eigenvalue weighted by molar-refractivity contribution is -0.147. The topological polar surface area (TPSA) is 26.3 Å². The summed E-state index contributed by atoms with van der Waals surface area (Å²) >= 11 is 0. The zero-order chi connectivity index (χ0) is 19.8. The average Bonchev–Trinajstić information content (AvgIpc) is 3.08. The number of hydrogen-bond donors (Lipinski definition) is 0. The highest BCUT2D eigenvalue weighted by molar-refractivity contribution is 5.80. The fourth-order valence-corrected chi connectivity index (χ4v) is 5.99. The van der Waals surface area contributed by atoms with Gasteiger partial charge in [0.2, 0.25) is 0 Å². The largest absolute Gasteiger partial charge is 0.465 e. The first-order valence-electron chi connectivity index (χ1n) is 11.5. The Labute approximate surface area is 170 Å². The minimum absolute atomic E-state index is 0.0102. The molecule has 28 heavy (non-hydrogen) atoms. The normalized spacial score (nSPS) is 33.6. The average molecular weight is 381 g/mol. The van der Waals surface area contributed by atoms with Gasteiger partial charge in [0, 0.05) is 5.41 Å². The number of rotatable bonds is 6. The fraction of sp³-hybridized carbons (Fsp3) is 0.654. The van der Waals surface area contributed by atoms with Crippen molar-refractivity contribution in [1.29, 1.82) is 0 Å². The van der Waals surface area contributed by atoms with Crippen molar-refractivity contribution in [3.05, 3.63) is 46.6 Å². The molecule has 2 nitrogen and oxygen atoms in total. The van der Waals surface area contributed by atoms with Crippen molar-refractivity contribution < 1.29 is 9.53 Å². The Balaban J connectivity index is 1.65. The second-order valence-electron chi connectivity index (χ2n) is 9.66. The van der Waals surface area contributed by atoms with Crippen molar-refractivity contribution in [2.24, 2.45) is 16.7 Å². The van der Waals surface area contributed by atoms with E-state index in [1.807, 2.05) is 0 Å². The molecule has 0 saturated carbocycles. The summed E-state index contributed by atoms with van der Waals surface area (Å²) in [6.45, 7) is 7.56. The summed E-state index contributed by atoms with van der Waals surface area (Å²) in [4.78, 5) is 13.2. The van der Waals surface area contributed by atoms with Crippen LogP contribution in [-0.4, -0.2) is 12.6 Å². The van der Waals surface area contributed by atoms with Gasteiger partial charge in [0.25, 0.3) is 0 Å². The van der Waals surface area contributed by atoms with Crippen LogP contribution < -0.4 is 0 Å². The van der Waals surface area contributed by atoms with Gasteiger partial charge in [-0.3, -0.25) is 4.79 Å². The van der Waals surface area contributed by atoms with Gasteiger partial charge in [0.1, 0.15) is 0 Å². The molecule has 0 aromatic carbocycles. The molecule has 4 aliphatic rings. The SMILES string of the molecule is CCCCCCOC(=O)[C@@H]1CC2=CCC=C[C@]2(C)C2=C1C1=CCC[C@@]1(C)CC2. The number of allylic oxidation sites excluding steroid dienone is 7. The molecular weight excluding hydrogens is 344 g/mol. The van der Waals surface area contributed by atoms with Gasteiger partial charge in [-0.25, -0.2) is 0 Å². The maximum absolute atomic E-state index is 13.2. The summed E-state index contributed by atoms with van der Waals surface area (Å²) in [5, 5.41) is 0. The highest BCUT2D eigenvalue weighted by Gasteiger charge is 2.50. The predicted octanol–water partition coefficient (Wildman–Crippen LogP) is 6.84. The monoisotopic (exact) mass is 380 g/mol. The standard InChI is InChI=1S/C26H36O2/c1-4-5-6-9-17-28-24(27)20-18-19-11-7-8-15-26(19,3)22-13-16-25(2)14-10-12-21(25)23(20)22/h8,11-12,15,20H,4-7,9-10,13-14,16-18H2,1-3H3/t20-,25+,26+/m1/s1. The Kier molecular flexibility index (Phi) is 5.42. The lowest BCUT2D eigenvalue weighted by Gasteiger charge is -2.49. The quantitative estimate of drug-likeness (QED) is 0.286. The van der Waals surface area contributed by atoms with Crippen molar-refractivity contribution in [2.45, 2.75) is 85.0 Å². The Morgan fingerprint density at radius 1 is 1.18 bits per heavy atom. The first-order chi connectivity index (χ1) is 13.5. The predicted molar refractivity (Wildman–Crippen MR) is 115 cm³/mol. The second-order valence-corrected chi connectivity index (χ2v) is 9.66. The highest BCUT2D eigenvalue weighted by Crippen LogP contribution is 2.61. The number of unbranched alkanes of at least 4 members (excludes halogenated alkanes) is 3. The van der Waals surface area contributed by atoms with E-state index in [1.165, 1.54) is 48.0 Å². The molecule has 0 unspecified atom stereocenters. The van der Waals surface area contributed by atoms with E-state index < -0.39 is 0 Å². The number of esters is 1. The smallest absolute Gasteiger partial charge is 0.313 e. The molecule has 0 radical (unpaired) electrons. The zero-order valence-electron chi connectivity index (χ0n) is 18.0. The lowest BCUT2D eigenvalue weighted by atomic mass is 9.55. The van der Waals surface area contributed by atoms with E-state index in [1.54, 1.807) is 0 Å². The van der Waals surface area contributed by atoms with Gasteiger partial charge < -0.3 is 4.74 Å². The number of fused-ring (bicyclic) bond motifs is 4. The fourth-order valence-electron chi connectivity index (χ4n) is 5.99. The molecule has 2 heteroatoms. The maximum atomic E-state index is 13.2. The molecule has 0 aromatic heterocycles. The van der Waals surface area contributed by atoms with Gasteiger partial charge in [-0.15, -0.1) is 0 Å². The molecular formula is C26H36O2. The molecule has 0 aromatic rings. The summed E-state index contributed by atoms with van der Waals surface area (Å²) < 4.78 is 5.83. The van der Waals surface area contributed by atoms with Gasteiger partial charge in [-0.1, -0.05) is 68.6 Å². The molecule has 0 fully saturated rings. The highest BCUT2D eigenvalue weighted by atomic mass is 16.5. The van der Waals surface area contributed by atoms with Gasteiger partial charge >= 0.3 is 5.97 Å². The van der Waals surface area contributed by atoms with Crippen LogP contribution in [0.1, 0.15) is 85.0 Å². The first-order valence-corrected chi connectivity index (χ1v) is 11.5. The molecule has 0 bridgehead atoms. The van der Waals surface area contributed by atoms with Crippen LogP contribution in [0.2, 0.25) is 0 Å². The Morgan fingerprint density at radius 2 is 2.04 bits per heavy atom. The molecule has 0 N–H and O–H groups in total. The Morgan fingerprint density at radius 3 is 2.86 bits per heavy atom. The van der Waals surface area contributed by atoms with Gasteiger partial charge in [-0.2, -0.15) is 0 Å². The van der Waals surface area contributed by atoms with E-state index >= 15 is 0 Å². The molecule has 0 amide bonds. The van der Waals surface area contributed by atoms with E-state index in [4.69, 9.17) is 4.74 Å². The summed E-state index contributed by atoms with van der Waals surface area (Å²) in [7, 11) is 0. The van der Waals surface area contributed by atoms with Crippen LogP contribution in [0.15, 0.2) is 46.6 Å². The Bertz CT molecular complexity index is 765. The lowest BCUT2D eigenvalue weighted by Crippen LogP contribution is -2.39. The van der Waals surface area contributed by atoms with Gasteiger partial charge in [0.15, 0.2) is 0 Å². The van der Waals surface area contributed by atoms with E-state index in [0.29, 0.717) is 6.61 Å². The van der Waals surface area contributed by atoms with E-state index in [-0.39, 0.29) is 22.7 Å². The molecule has 0 spiro atoms. The number of carbonyl (C=O) groups is 1. The van der Waals surface area contributed by atoms with Crippen LogP contribution in [0.3, 0.4) is 0 Å². The van der Waals surface area contributed by atoms with Crippen LogP contribution >= 0.6 is 0 Å². The third kappa shape index (κ3) is 3.23. The number of ether oxygens (including phenoxy) is 1. The maximum Gasteiger partial charge on any atom is 0.313 e. The van der Waals surface area contributed by atoms with Gasteiger partial charge in [-0.05, 0) is 68.4 Å². The molecule has 0 heterocycles. The van der Waals surface area contributed by atoms with Crippen molar-refractivity contribution >= 4 is 5.97 Å². The van der Waals surface area contributed by atoms with Crippen molar-refractivity contribution in [2.75, 3.05) is 6.61 Å². The summed E-state index contributed by atoms with van der Waals surface area (Å²) in [6, 6.07) is 0. The molecule has 4 aliphatic carbocycles. The van der Waals surface area contributed by atoms with Crippen LogP contribution in [-0.2, 0) is 9.53 Å². The summed E-state index contributed by atoms with van der Waals surface area (Å²) in [5.74, 6) is -0.0884. The molecule has 4 rings (SSSR count). The van der Waals surface area contributed by atoms with E-state index in [2.05, 4.69) is 45.1 Å². The molecule has 3 atom stereocenters. The van der Waals surface area contributed by atoms with Crippen molar-refractivity contribution in [1.82, 2.24) is 0 Å². The van der Waals surface area contributed by atoms with Crippen molar-refractivity contribution in [3.8, 4) is 0 Å². The Hall–Kier alpha value is -1.57. The first kappa shape index (κ1) is 19.7. The van der Waals surface area contributed by atoms with Crippen LogP contribution in [0.5, 0.6) is 0 Å². The number of carbonyl (C=O) groups excluding carboxylic acids is 1. The molecule has 0 aliphatic heterocycles. The van der Waals surface area contributed by atoms with E-state index in [0.717, 1.165) is 38.5 Å². The zero-order valence-corrected chi connectivity index (χ0v) is 18.0. The summed E-state index contributed by atoms with van der Waals surface area (Å²) in [6.07, 6.45) is 20.6. The third-order valence-corrected chi connectivity index (χ3v) is 7.78. The van der Waals surface area contributed by atoms with Crippen LogP contribution in [0.4, 0.5) is 0 Å². The van der Waals surface area contributed by atoms with Crippen molar-refractivity contribution in [3.63, 3.8) is 0 Å². The summed E-state index contributed by atoms with van der Waals surface area (Å²) in [5.41, 5.74) is 6.03. The minimum atomic E-state index is -0.101.